The fraction of sp³-hybridized carbons (Fsp3) is 0.136. The molecule has 7 nitrogen and oxygen atoms in total. The molecule has 3 rings (SSSR count). The van der Waals surface area contributed by atoms with Gasteiger partial charge in [0.05, 0.1) is 19.9 Å². The molecule has 8 heteroatoms. The van der Waals surface area contributed by atoms with E-state index in [9.17, 15) is 9.59 Å². The fourth-order valence-corrected chi connectivity index (χ4v) is 3.47. The number of amides is 2. The van der Waals surface area contributed by atoms with Crippen LogP contribution >= 0.6 is 11.3 Å². The number of aromatic nitrogens is 1. The molecule has 0 radical (unpaired) electrons. The third kappa shape index (κ3) is 5.24. The average molecular weight is 423 g/mol. The molecule has 0 aliphatic rings. The molecule has 3 aromatic rings. The van der Waals surface area contributed by atoms with Crippen molar-refractivity contribution >= 4 is 40.0 Å². The van der Waals surface area contributed by atoms with Crippen LogP contribution in [0.15, 0.2) is 53.9 Å². The maximum absolute atomic E-state index is 12.3. The number of thiazole rings is 1. The van der Waals surface area contributed by atoms with Crippen molar-refractivity contribution in [2.24, 2.45) is 0 Å². The highest BCUT2D eigenvalue weighted by Gasteiger charge is 2.09. The predicted molar refractivity (Wildman–Crippen MR) is 119 cm³/mol. The summed E-state index contributed by atoms with van der Waals surface area (Å²) < 4.78 is 10.6. The van der Waals surface area contributed by atoms with Gasteiger partial charge < -0.3 is 14.8 Å². The Hall–Kier alpha value is -3.65. The third-order valence-electron chi connectivity index (χ3n) is 4.08. The maximum atomic E-state index is 12.3. The minimum absolute atomic E-state index is 0.124. The van der Waals surface area contributed by atoms with Gasteiger partial charge in [-0.05, 0) is 24.3 Å². The van der Waals surface area contributed by atoms with Crippen molar-refractivity contribution in [2.75, 3.05) is 24.9 Å². The molecule has 2 amide bonds. The topological polar surface area (TPSA) is 89.5 Å². The molecule has 0 unspecified atom stereocenters. The smallest absolute Gasteiger partial charge is 0.250 e. The van der Waals surface area contributed by atoms with E-state index >= 15 is 0 Å². The minimum atomic E-state index is -0.304. The standard InChI is InChI=1S/C22H21N3O4S/c1-14(26)23-17-10-7-15(8-11-17)18-13-30-22(24-18)25-20(27)12-9-16-5-4-6-19(28-2)21(16)29-3/h4-13H,1-3H3,(H,23,26)(H,24,25,27)/b12-9+. The molecule has 30 heavy (non-hydrogen) atoms. The zero-order valence-corrected chi connectivity index (χ0v) is 17.6. The van der Waals surface area contributed by atoms with E-state index in [1.54, 1.807) is 38.5 Å². The largest absolute Gasteiger partial charge is 0.493 e. The minimum Gasteiger partial charge on any atom is -0.493 e. The second kappa shape index (κ2) is 9.71. The van der Waals surface area contributed by atoms with Crippen molar-refractivity contribution in [3.63, 3.8) is 0 Å². The summed E-state index contributed by atoms with van der Waals surface area (Å²) in [5.74, 6) is 0.722. The lowest BCUT2D eigenvalue weighted by molar-refractivity contribution is -0.114. The number of anilines is 2. The summed E-state index contributed by atoms with van der Waals surface area (Å²) in [4.78, 5) is 27.8. The van der Waals surface area contributed by atoms with Crippen LogP contribution in [0.2, 0.25) is 0 Å². The van der Waals surface area contributed by atoms with E-state index in [2.05, 4.69) is 15.6 Å². The number of carbonyl (C=O) groups is 2. The number of nitrogens with zero attached hydrogens (tertiary/aromatic N) is 1. The average Bonchev–Trinajstić information content (AvgIpc) is 3.20. The molecule has 0 bridgehead atoms. The quantitative estimate of drug-likeness (QED) is 0.549. The van der Waals surface area contributed by atoms with Gasteiger partial charge in [-0.1, -0.05) is 24.3 Å². The Bertz CT molecular complexity index is 1070. The fourth-order valence-electron chi connectivity index (χ4n) is 2.75. The van der Waals surface area contributed by atoms with E-state index in [4.69, 9.17) is 9.47 Å². The van der Waals surface area contributed by atoms with E-state index in [1.807, 2.05) is 29.6 Å². The van der Waals surface area contributed by atoms with Crippen molar-refractivity contribution in [3.8, 4) is 22.8 Å². The number of benzene rings is 2. The van der Waals surface area contributed by atoms with Gasteiger partial charge in [-0.25, -0.2) is 4.98 Å². The number of para-hydroxylation sites is 1. The number of carbonyl (C=O) groups excluding carboxylic acids is 2. The number of rotatable bonds is 7. The van der Waals surface area contributed by atoms with Gasteiger partial charge in [0, 0.05) is 35.2 Å². The van der Waals surface area contributed by atoms with Crippen molar-refractivity contribution in [1.82, 2.24) is 4.98 Å². The molecule has 0 atom stereocenters. The van der Waals surface area contributed by atoms with Crippen LogP contribution in [0.25, 0.3) is 17.3 Å². The SMILES string of the molecule is COc1cccc(/C=C/C(=O)Nc2nc(-c3ccc(NC(C)=O)cc3)cs2)c1OC. The van der Waals surface area contributed by atoms with E-state index in [-0.39, 0.29) is 11.8 Å². The lowest BCUT2D eigenvalue weighted by atomic mass is 10.1. The van der Waals surface area contributed by atoms with Crippen LogP contribution in [0.3, 0.4) is 0 Å². The summed E-state index contributed by atoms with van der Waals surface area (Å²) >= 11 is 1.33. The van der Waals surface area contributed by atoms with Gasteiger partial charge in [-0.3, -0.25) is 14.9 Å². The monoisotopic (exact) mass is 423 g/mol. The van der Waals surface area contributed by atoms with Gasteiger partial charge in [-0.2, -0.15) is 0 Å². The summed E-state index contributed by atoms with van der Waals surface area (Å²) in [6.07, 6.45) is 3.08. The first-order chi connectivity index (χ1) is 14.5. The zero-order valence-electron chi connectivity index (χ0n) is 16.8. The molecular weight excluding hydrogens is 402 g/mol. The van der Waals surface area contributed by atoms with Crippen molar-refractivity contribution in [1.29, 1.82) is 0 Å². The highest BCUT2D eigenvalue weighted by atomic mass is 32.1. The number of hydrogen-bond donors (Lipinski definition) is 2. The molecule has 1 aromatic heterocycles. The molecule has 1 heterocycles. The van der Waals surface area contributed by atoms with Crippen molar-refractivity contribution in [2.45, 2.75) is 6.92 Å². The van der Waals surface area contributed by atoms with Gasteiger partial charge in [0.2, 0.25) is 11.8 Å². The van der Waals surface area contributed by atoms with Crippen LogP contribution in [0.4, 0.5) is 10.8 Å². The number of nitrogens with one attached hydrogen (secondary N) is 2. The van der Waals surface area contributed by atoms with Crippen LogP contribution in [0, 0.1) is 0 Å². The summed E-state index contributed by atoms with van der Waals surface area (Å²) in [6, 6.07) is 12.8. The highest BCUT2D eigenvalue weighted by molar-refractivity contribution is 7.14. The van der Waals surface area contributed by atoms with E-state index < -0.39 is 0 Å². The van der Waals surface area contributed by atoms with Gasteiger partial charge >= 0.3 is 0 Å². The molecule has 0 aliphatic heterocycles. The summed E-state index contributed by atoms with van der Waals surface area (Å²) in [7, 11) is 3.11. The second-order valence-electron chi connectivity index (χ2n) is 6.20. The molecule has 154 valence electrons. The molecular formula is C22H21N3O4S. The van der Waals surface area contributed by atoms with Crippen molar-refractivity contribution < 1.29 is 19.1 Å². The van der Waals surface area contributed by atoms with E-state index in [0.29, 0.717) is 22.3 Å². The van der Waals surface area contributed by atoms with Crippen LogP contribution in [0.5, 0.6) is 11.5 Å². The lowest BCUT2D eigenvalue weighted by Crippen LogP contribution is -2.07. The maximum Gasteiger partial charge on any atom is 0.250 e. The Balaban J connectivity index is 1.67. The highest BCUT2D eigenvalue weighted by Crippen LogP contribution is 2.31. The van der Waals surface area contributed by atoms with Crippen LogP contribution < -0.4 is 20.1 Å². The summed E-state index contributed by atoms with van der Waals surface area (Å²) in [5, 5.41) is 7.83. The van der Waals surface area contributed by atoms with E-state index in [1.165, 1.54) is 24.3 Å². The lowest BCUT2D eigenvalue weighted by Gasteiger charge is -2.09. The summed E-state index contributed by atoms with van der Waals surface area (Å²) in [6.45, 7) is 1.46. The van der Waals surface area contributed by atoms with Crippen LogP contribution in [0.1, 0.15) is 12.5 Å². The third-order valence-corrected chi connectivity index (χ3v) is 4.84. The number of methoxy groups -OCH3 is 2. The Morgan fingerprint density at radius 2 is 1.80 bits per heavy atom. The first kappa shape index (κ1) is 21.1. The van der Waals surface area contributed by atoms with Gasteiger partial charge in [0.15, 0.2) is 16.6 Å². The number of ether oxygens (including phenoxy) is 2. The second-order valence-corrected chi connectivity index (χ2v) is 7.06. The first-order valence-electron chi connectivity index (χ1n) is 9.03. The Labute approximate surface area is 178 Å². The Morgan fingerprint density at radius 1 is 1.03 bits per heavy atom. The molecule has 0 spiro atoms. The number of hydrogen-bond acceptors (Lipinski definition) is 6. The molecule has 0 saturated carbocycles. The Morgan fingerprint density at radius 3 is 2.47 bits per heavy atom. The zero-order chi connectivity index (χ0) is 21.5. The molecule has 0 fully saturated rings. The summed E-state index contributed by atoms with van der Waals surface area (Å²) in [5.41, 5.74) is 3.07. The predicted octanol–water partition coefficient (Wildman–Crippen LogP) is 4.44. The van der Waals surface area contributed by atoms with Gasteiger partial charge in [0.1, 0.15) is 0 Å². The molecule has 0 aliphatic carbocycles. The molecule has 0 saturated heterocycles. The van der Waals surface area contributed by atoms with Crippen LogP contribution in [-0.2, 0) is 9.59 Å². The Kier molecular flexibility index (Phi) is 6.82. The van der Waals surface area contributed by atoms with Gasteiger partial charge in [-0.15, -0.1) is 11.3 Å². The normalized spacial score (nSPS) is 10.6. The molecule has 2 N–H and O–H groups in total. The van der Waals surface area contributed by atoms with E-state index in [0.717, 1.165) is 16.8 Å². The van der Waals surface area contributed by atoms with Crippen LogP contribution in [-0.4, -0.2) is 31.0 Å². The van der Waals surface area contributed by atoms with Crippen molar-refractivity contribution in [3.05, 3.63) is 59.5 Å². The van der Waals surface area contributed by atoms with Gasteiger partial charge in [0.25, 0.3) is 0 Å². The first-order valence-corrected chi connectivity index (χ1v) is 9.91. The molecule has 2 aromatic carbocycles.